The number of nitrogens with one attached hydrogen (secondary N) is 4. The van der Waals surface area contributed by atoms with E-state index in [1.807, 2.05) is 0 Å². The lowest BCUT2D eigenvalue weighted by Crippen LogP contribution is -2.51. The summed E-state index contributed by atoms with van der Waals surface area (Å²) in [5.74, 6) is 0. The van der Waals surface area contributed by atoms with Gasteiger partial charge in [-0.2, -0.15) is 0 Å². The fraction of sp³-hybridized carbons (Fsp3) is 0.800. The van der Waals surface area contributed by atoms with Gasteiger partial charge in [-0.05, 0) is 37.9 Å². The molecule has 1 atom stereocenters. The van der Waals surface area contributed by atoms with Gasteiger partial charge in [0, 0.05) is 19.2 Å². The summed E-state index contributed by atoms with van der Waals surface area (Å²) in [6, 6.07) is 0.187. The van der Waals surface area contributed by atoms with Crippen molar-refractivity contribution in [1.29, 1.82) is 0 Å². The summed E-state index contributed by atoms with van der Waals surface area (Å²) in [5.41, 5.74) is 5.13. The maximum absolute atomic E-state index is 11.4. The molecule has 2 aliphatic rings. The highest BCUT2D eigenvalue weighted by atomic mass is 32.1. The van der Waals surface area contributed by atoms with Gasteiger partial charge in [0.2, 0.25) is 0 Å². The van der Waals surface area contributed by atoms with E-state index in [9.17, 15) is 4.79 Å². The second-order valence-electron chi connectivity index (χ2n) is 4.34. The maximum atomic E-state index is 11.4. The molecule has 96 valence electrons. The molecule has 1 aliphatic carbocycles. The molecule has 0 radical (unpaired) electrons. The van der Waals surface area contributed by atoms with Gasteiger partial charge in [-0.3, -0.25) is 5.43 Å². The highest BCUT2D eigenvalue weighted by molar-refractivity contribution is 7.80. The predicted octanol–water partition coefficient (Wildman–Crippen LogP) is 0.00610. The van der Waals surface area contributed by atoms with E-state index in [4.69, 9.17) is 17.0 Å². The number of hydrogen-bond donors (Lipinski definition) is 4. The molecule has 0 aromatic heterocycles. The van der Waals surface area contributed by atoms with Crippen LogP contribution in [0.15, 0.2) is 0 Å². The zero-order chi connectivity index (χ0) is 12.1. The summed E-state index contributed by atoms with van der Waals surface area (Å²) < 4.78 is 5.39. The number of hydrogen-bond acceptors (Lipinski definition) is 3. The summed E-state index contributed by atoms with van der Waals surface area (Å²) >= 11 is 4.99. The number of thiocarbonyl (C=S) groups is 1. The highest BCUT2D eigenvalue weighted by Gasteiger charge is 2.21. The lowest BCUT2D eigenvalue weighted by atomic mass is 10.2. The molecule has 2 amide bonds. The second kappa shape index (κ2) is 6.02. The first-order valence-electron chi connectivity index (χ1n) is 5.96. The van der Waals surface area contributed by atoms with Gasteiger partial charge >= 0.3 is 6.03 Å². The van der Waals surface area contributed by atoms with Crippen molar-refractivity contribution < 1.29 is 9.53 Å². The molecule has 6 nitrogen and oxygen atoms in total. The summed E-state index contributed by atoms with van der Waals surface area (Å²) in [6.07, 6.45) is 4.52. The summed E-state index contributed by atoms with van der Waals surface area (Å²) in [6.45, 7) is 1.33. The highest BCUT2D eigenvalue weighted by Crippen LogP contribution is 2.18. The van der Waals surface area contributed by atoms with E-state index in [2.05, 4.69) is 21.5 Å². The molecule has 1 saturated carbocycles. The smallest absolute Gasteiger partial charge is 0.333 e. The number of carbonyl (C=O) groups excluding carboxylic acids is 1. The third kappa shape index (κ3) is 4.74. The number of urea groups is 1. The van der Waals surface area contributed by atoms with Gasteiger partial charge < -0.3 is 15.4 Å². The van der Waals surface area contributed by atoms with Gasteiger partial charge in [-0.25, -0.2) is 10.2 Å². The Hall–Kier alpha value is -1.08. The Morgan fingerprint density at radius 1 is 1.29 bits per heavy atom. The third-order valence-corrected chi connectivity index (χ3v) is 2.94. The first kappa shape index (κ1) is 12.4. The van der Waals surface area contributed by atoms with Crippen LogP contribution in [0.25, 0.3) is 0 Å². The maximum Gasteiger partial charge on any atom is 0.333 e. The van der Waals surface area contributed by atoms with Crippen LogP contribution < -0.4 is 21.5 Å². The quantitative estimate of drug-likeness (QED) is 0.424. The molecule has 1 unspecified atom stereocenters. The lowest BCUT2D eigenvalue weighted by Gasteiger charge is -2.13. The Bertz CT molecular complexity index is 290. The molecule has 2 fully saturated rings. The normalized spacial score (nSPS) is 22.9. The predicted molar refractivity (Wildman–Crippen MR) is 67.4 cm³/mol. The van der Waals surface area contributed by atoms with Crippen LogP contribution in [0.1, 0.15) is 25.7 Å². The van der Waals surface area contributed by atoms with Gasteiger partial charge in [-0.15, -0.1) is 0 Å². The van der Waals surface area contributed by atoms with Gasteiger partial charge in [0.25, 0.3) is 0 Å². The zero-order valence-electron chi connectivity index (χ0n) is 9.62. The first-order chi connectivity index (χ1) is 8.24. The van der Waals surface area contributed by atoms with Crippen molar-refractivity contribution in [3.63, 3.8) is 0 Å². The van der Waals surface area contributed by atoms with Crippen molar-refractivity contribution in [3.8, 4) is 0 Å². The van der Waals surface area contributed by atoms with Crippen LogP contribution in [0.4, 0.5) is 4.79 Å². The fourth-order valence-corrected chi connectivity index (χ4v) is 1.84. The fourth-order valence-electron chi connectivity index (χ4n) is 1.62. The molecule has 17 heavy (non-hydrogen) atoms. The van der Waals surface area contributed by atoms with Crippen molar-refractivity contribution in [2.45, 2.75) is 37.8 Å². The number of rotatable bonds is 3. The van der Waals surface area contributed by atoms with Crippen molar-refractivity contribution in [2.75, 3.05) is 13.2 Å². The van der Waals surface area contributed by atoms with Crippen molar-refractivity contribution in [2.24, 2.45) is 0 Å². The average Bonchev–Trinajstić information content (AvgIpc) is 2.96. The van der Waals surface area contributed by atoms with Crippen LogP contribution in [0, 0.1) is 0 Å². The molecule has 0 bridgehead atoms. The number of ether oxygens (including phenoxy) is 1. The minimum absolute atomic E-state index is 0.150. The van der Waals surface area contributed by atoms with Crippen LogP contribution in [0.3, 0.4) is 0 Å². The van der Waals surface area contributed by atoms with E-state index in [1.54, 1.807) is 0 Å². The summed E-state index contributed by atoms with van der Waals surface area (Å²) in [7, 11) is 0. The monoisotopic (exact) mass is 258 g/mol. The van der Waals surface area contributed by atoms with E-state index in [-0.39, 0.29) is 12.1 Å². The molecule has 7 heteroatoms. The molecule has 2 rings (SSSR count). The number of hydrazine groups is 1. The lowest BCUT2D eigenvalue weighted by molar-refractivity contribution is 0.111. The van der Waals surface area contributed by atoms with E-state index in [1.165, 1.54) is 0 Å². The molecule has 1 heterocycles. The van der Waals surface area contributed by atoms with Crippen LogP contribution in [-0.4, -0.2) is 36.4 Å². The Morgan fingerprint density at radius 2 is 2.12 bits per heavy atom. The van der Waals surface area contributed by atoms with Gasteiger partial charge in [0.05, 0.1) is 6.10 Å². The van der Waals surface area contributed by atoms with Gasteiger partial charge in [0.15, 0.2) is 5.11 Å². The summed E-state index contributed by atoms with van der Waals surface area (Å²) in [5, 5.41) is 6.24. The third-order valence-electron chi connectivity index (χ3n) is 2.72. The zero-order valence-corrected chi connectivity index (χ0v) is 10.4. The van der Waals surface area contributed by atoms with Gasteiger partial charge in [0.1, 0.15) is 0 Å². The van der Waals surface area contributed by atoms with Crippen LogP contribution in [0.2, 0.25) is 0 Å². The summed E-state index contributed by atoms with van der Waals surface area (Å²) in [4.78, 5) is 11.4. The standard InChI is InChI=1S/C10H18N4O2S/c15-9(11-6-8-2-1-5-16-8)13-14-10(17)12-7-3-4-7/h7-8H,1-6H2,(H2,11,13,15)(H2,12,14,17). The minimum Gasteiger partial charge on any atom is -0.376 e. The Balaban J connectivity index is 1.51. The van der Waals surface area contributed by atoms with E-state index >= 15 is 0 Å². The Morgan fingerprint density at radius 3 is 2.76 bits per heavy atom. The van der Waals surface area contributed by atoms with Crippen molar-refractivity contribution >= 4 is 23.4 Å². The van der Waals surface area contributed by atoms with Crippen molar-refractivity contribution in [1.82, 2.24) is 21.5 Å². The molecular formula is C10H18N4O2S. The largest absolute Gasteiger partial charge is 0.376 e. The van der Waals surface area contributed by atoms with Gasteiger partial charge in [-0.1, -0.05) is 0 Å². The molecule has 1 aliphatic heterocycles. The SMILES string of the molecule is O=C(NCC1CCCO1)NNC(=S)NC1CC1. The van der Waals surface area contributed by atoms with Crippen molar-refractivity contribution in [3.05, 3.63) is 0 Å². The van der Waals surface area contributed by atoms with E-state index in [0.29, 0.717) is 17.7 Å². The minimum atomic E-state index is -0.291. The molecular weight excluding hydrogens is 240 g/mol. The number of carbonyl (C=O) groups is 1. The number of amides is 2. The molecule has 0 spiro atoms. The molecule has 0 aromatic carbocycles. The topological polar surface area (TPSA) is 74.4 Å². The molecule has 0 aromatic rings. The Kier molecular flexibility index (Phi) is 4.38. The van der Waals surface area contributed by atoms with E-state index < -0.39 is 0 Å². The first-order valence-corrected chi connectivity index (χ1v) is 6.37. The average molecular weight is 258 g/mol. The Labute approximate surface area is 106 Å². The van der Waals surface area contributed by atoms with Crippen LogP contribution in [-0.2, 0) is 4.74 Å². The molecule has 1 saturated heterocycles. The van der Waals surface area contributed by atoms with Crippen LogP contribution in [0.5, 0.6) is 0 Å². The van der Waals surface area contributed by atoms with Crippen LogP contribution >= 0.6 is 12.2 Å². The van der Waals surface area contributed by atoms with E-state index in [0.717, 1.165) is 32.3 Å². The second-order valence-corrected chi connectivity index (χ2v) is 4.75. The molecule has 4 N–H and O–H groups in total.